The Bertz CT molecular complexity index is 1350. The number of carbonyl (C=O) groups is 2. The fraction of sp³-hybridized carbons (Fsp3) is 0.667. The number of hydrogen-bond acceptors (Lipinski definition) is 5. The molecule has 0 heterocycles. The zero-order valence-electron chi connectivity index (χ0n) is 42.8. The van der Waals surface area contributed by atoms with E-state index >= 15 is 0 Å². The molecule has 0 spiro atoms. The maximum Gasteiger partial charge on any atom is 0.306 e. The summed E-state index contributed by atoms with van der Waals surface area (Å²) >= 11 is 0. The normalized spacial score (nSPS) is 14.1. The first-order valence-corrected chi connectivity index (χ1v) is 27.2. The molecule has 0 saturated heterocycles. The molecule has 0 radical (unpaired) electrons. The lowest BCUT2D eigenvalue weighted by Crippen LogP contribution is -2.46. The number of allylic oxidation sites excluding steroid dienone is 17. The summed E-state index contributed by atoms with van der Waals surface area (Å²) in [6, 6.07) is -0.755. The van der Waals surface area contributed by atoms with Crippen molar-refractivity contribution in [3.8, 4) is 0 Å². The van der Waals surface area contributed by atoms with Crippen LogP contribution in [0, 0.1) is 0 Å². The maximum absolute atomic E-state index is 13.2. The quantitative estimate of drug-likeness (QED) is 0.0245. The lowest BCUT2D eigenvalue weighted by Gasteiger charge is -2.23. The highest BCUT2D eigenvalue weighted by atomic mass is 16.5. The first-order chi connectivity index (χ1) is 32.5. The molecule has 6 heteroatoms. The molecule has 3 unspecified atom stereocenters. The Hall–Kier alpha value is -3.48. The van der Waals surface area contributed by atoms with E-state index in [0.717, 1.165) is 96.3 Å². The van der Waals surface area contributed by atoms with Gasteiger partial charge in [-0.1, -0.05) is 252 Å². The van der Waals surface area contributed by atoms with Gasteiger partial charge in [0.15, 0.2) is 0 Å². The largest absolute Gasteiger partial charge is 0.458 e. The van der Waals surface area contributed by atoms with E-state index in [0.29, 0.717) is 19.3 Å². The van der Waals surface area contributed by atoms with Crippen molar-refractivity contribution >= 4 is 11.9 Å². The van der Waals surface area contributed by atoms with Crippen molar-refractivity contribution in [3.63, 3.8) is 0 Å². The predicted molar refractivity (Wildman–Crippen MR) is 287 cm³/mol. The Labute approximate surface area is 407 Å². The van der Waals surface area contributed by atoms with E-state index in [2.05, 4.69) is 123 Å². The molecule has 376 valence electrons. The second kappa shape index (κ2) is 52.5. The molecule has 3 N–H and O–H groups in total. The summed E-state index contributed by atoms with van der Waals surface area (Å²) in [6.07, 6.45) is 71.8. The molecule has 0 aromatic carbocycles. The summed E-state index contributed by atoms with van der Waals surface area (Å²) in [4.78, 5) is 26.1. The zero-order valence-corrected chi connectivity index (χ0v) is 42.8. The average molecular weight is 916 g/mol. The Morgan fingerprint density at radius 3 is 1.39 bits per heavy atom. The third-order valence-corrected chi connectivity index (χ3v) is 11.7. The molecule has 1 amide bonds. The molecule has 0 saturated carbocycles. The molecule has 0 aromatic heterocycles. The molecule has 0 rings (SSSR count). The van der Waals surface area contributed by atoms with E-state index in [1.165, 1.54) is 89.9 Å². The molecule has 0 bridgehead atoms. The molecule has 0 fully saturated rings. The molecule has 0 aliphatic carbocycles. The van der Waals surface area contributed by atoms with Crippen LogP contribution in [0.3, 0.4) is 0 Å². The Morgan fingerprint density at radius 1 is 0.485 bits per heavy atom. The van der Waals surface area contributed by atoms with Crippen LogP contribution in [0.1, 0.15) is 233 Å². The summed E-state index contributed by atoms with van der Waals surface area (Å²) in [7, 11) is 0. The van der Waals surface area contributed by atoms with Gasteiger partial charge in [-0.3, -0.25) is 9.59 Å². The minimum atomic E-state index is -0.831. The Balaban J connectivity index is 4.74. The summed E-state index contributed by atoms with van der Waals surface area (Å²) in [5, 5.41) is 23.8. The third-order valence-electron chi connectivity index (χ3n) is 11.7. The van der Waals surface area contributed by atoms with Crippen molar-refractivity contribution in [2.24, 2.45) is 0 Å². The first kappa shape index (κ1) is 62.5. The van der Waals surface area contributed by atoms with Gasteiger partial charge in [-0.2, -0.15) is 0 Å². The van der Waals surface area contributed by atoms with E-state index in [-0.39, 0.29) is 24.9 Å². The minimum Gasteiger partial charge on any atom is -0.458 e. The summed E-state index contributed by atoms with van der Waals surface area (Å²) < 4.78 is 5.82. The summed E-state index contributed by atoms with van der Waals surface area (Å²) in [5.74, 6) is -0.661. The number of carbonyl (C=O) groups excluding carboxylic acids is 2. The highest BCUT2D eigenvalue weighted by molar-refractivity contribution is 5.78. The monoisotopic (exact) mass is 916 g/mol. The van der Waals surface area contributed by atoms with Crippen molar-refractivity contribution < 1.29 is 24.5 Å². The van der Waals surface area contributed by atoms with Crippen molar-refractivity contribution in [1.82, 2.24) is 5.32 Å². The van der Waals surface area contributed by atoms with E-state index in [4.69, 9.17) is 4.74 Å². The summed E-state index contributed by atoms with van der Waals surface area (Å²) in [6.45, 7) is 6.20. The average Bonchev–Trinajstić information content (AvgIpc) is 3.31. The van der Waals surface area contributed by atoms with Gasteiger partial charge in [0.1, 0.15) is 6.10 Å². The number of aliphatic hydroxyl groups is 2. The van der Waals surface area contributed by atoms with E-state index in [1.54, 1.807) is 6.08 Å². The topological polar surface area (TPSA) is 95.9 Å². The van der Waals surface area contributed by atoms with Crippen LogP contribution in [-0.2, 0) is 14.3 Å². The molecule has 3 atom stereocenters. The Morgan fingerprint density at radius 2 is 0.909 bits per heavy atom. The predicted octanol–water partition coefficient (Wildman–Crippen LogP) is 16.7. The SMILES string of the molecule is CC/C=C\C/C=C\C/C=C\C/C=C\C/C=C\C/C=C\C(CC(=O)NC(CO)C(O)CCCCCCCCCCCCCCCCCCC)OC(=O)CCCCCCC\C=C/C=C/C=C/CC. The standard InChI is InChI=1S/C60H101NO5/c1-4-7-10-13-16-19-22-25-27-29-31-34-36-39-42-45-48-51-56(66-60(65)53-50-47-44-41-38-33-24-21-18-15-12-9-6-3)54-59(64)61-57(55-62)58(63)52-49-46-43-40-37-35-32-30-28-26-23-20-17-14-11-8-5-2/h7,9-10,12,15-16,18-19,21,24-25,27,31,34,39,42,48,51,56-58,62-63H,4-6,8,11,13-14,17,20,22-23,26,28-30,32-33,35-38,40-41,43-47,49-50,52-55H2,1-3H3,(H,61,64)/b10-7-,12-9+,18-15+,19-16-,24-21-,27-25-,34-31-,42-39-,51-48-. The highest BCUT2D eigenvalue weighted by Gasteiger charge is 2.23. The van der Waals surface area contributed by atoms with E-state index in [1.807, 2.05) is 6.08 Å². The second-order valence-corrected chi connectivity index (χ2v) is 17.9. The number of nitrogens with one attached hydrogen (secondary N) is 1. The van der Waals surface area contributed by atoms with Gasteiger partial charge in [-0.25, -0.2) is 0 Å². The third kappa shape index (κ3) is 47.0. The van der Waals surface area contributed by atoms with Crippen molar-refractivity contribution in [2.75, 3.05) is 6.61 Å². The van der Waals surface area contributed by atoms with Crippen LogP contribution < -0.4 is 5.32 Å². The van der Waals surface area contributed by atoms with Crippen molar-refractivity contribution in [3.05, 3.63) is 109 Å². The van der Waals surface area contributed by atoms with Gasteiger partial charge in [0.25, 0.3) is 0 Å². The molecular formula is C60H101NO5. The van der Waals surface area contributed by atoms with Gasteiger partial charge in [0.05, 0.1) is 25.2 Å². The number of unbranched alkanes of at least 4 members (excludes halogenated alkanes) is 21. The second-order valence-electron chi connectivity index (χ2n) is 17.9. The van der Waals surface area contributed by atoms with Crippen molar-refractivity contribution in [1.29, 1.82) is 0 Å². The van der Waals surface area contributed by atoms with Crippen LogP contribution in [0.4, 0.5) is 0 Å². The van der Waals surface area contributed by atoms with Crippen LogP contribution in [0.2, 0.25) is 0 Å². The smallest absolute Gasteiger partial charge is 0.306 e. The molecule has 0 aromatic rings. The number of hydrogen-bond donors (Lipinski definition) is 3. The maximum atomic E-state index is 13.2. The molecule has 66 heavy (non-hydrogen) atoms. The van der Waals surface area contributed by atoms with Crippen LogP contribution in [0.5, 0.6) is 0 Å². The van der Waals surface area contributed by atoms with Crippen LogP contribution >= 0.6 is 0 Å². The highest BCUT2D eigenvalue weighted by Crippen LogP contribution is 2.16. The van der Waals surface area contributed by atoms with Gasteiger partial charge in [-0.15, -0.1) is 0 Å². The molecule has 0 aliphatic heterocycles. The fourth-order valence-corrected chi connectivity index (χ4v) is 7.60. The zero-order chi connectivity index (χ0) is 48.1. The van der Waals surface area contributed by atoms with Gasteiger partial charge in [0.2, 0.25) is 5.91 Å². The summed E-state index contributed by atoms with van der Waals surface area (Å²) in [5.41, 5.74) is 0. The van der Waals surface area contributed by atoms with E-state index in [9.17, 15) is 19.8 Å². The van der Waals surface area contributed by atoms with Crippen LogP contribution in [-0.4, -0.2) is 46.9 Å². The minimum absolute atomic E-state index is 0.0617. The Kier molecular flexibility index (Phi) is 49.7. The number of rotatable bonds is 47. The van der Waals surface area contributed by atoms with E-state index < -0.39 is 18.2 Å². The van der Waals surface area contributed by atoms with Crippen LogP contribution in [0.15, 0.2) is 109 Å². The van der Waals surface area contributed by atoms with Gasteiger partial charge in [0, 0.05) is 6.42 Å². The lowest BCUT2D eigenvalue weighted by molar-refractivity contribution is -0.148. The molecular weight excluding hydrogens is 815 g/mol. The number of amides is 1. The number of ether oxygens (including phenoxy) is 1. The number of esters is 1. The number of aliphatic hydroxyl groups excluding tert-OH is 2. The van der Waals surface area contributed by atoms with Gasteiger partial charge >= 0.3 is 5.97 Å². The fourth-order valence-electron chi connectivity index (χ4n) is 7.60. The molecule has 0 aliphatic rings. The lowest BCUT2D eigenvalue weighted by atomic mass is 10.0. The van der Waals surface area contributed by atoms with Crippen LogP contribution in [0.25, 0.3) is 0 Å². The van der Waals surface area contributed by atoms with Gasteiger partial charge in [-0.05, 0) is 76.7 Å². The van der Waals surface area contributed by atoms with Gasteiger partial charge < -0.3 is 20.3 Å². The van der Waals surface area contributed by atoms with Crippen molar-refractivity contribution in [2.45, 2.75) is 251 Å². The molecule has 6 nitrogen and oxygen atoms in total. The first-order valence-electron chi connectivity index (χ1n) is 27.2.